The minimum absolute atomic E-state index is 0.0967. The van der Waals surface area contributed by atoms with E-state index in [2.05, 4.69) is 0 Å². The molecular formula is C19H18FNO3. The number of nitrogens with zero attached hydrogens (tertiary/aromatic N) is 1. The Bertz CT molecular complexity index is 715. The number of hydrogen-bond acceptors (Lipinski definition) is 3. The molecule has 1 heterocycles. The quantitative estimate of drug-likeness (QED) is 0.785. The molecule has 0 aromatic heterocycles. The highest BCUT2D eigenvalue weighted by atomic mass is 19.1. The van der Waals surface area contributed by atoms with Crippen molar-refractivity contribution in [2.75, 3.05) is 6.54 Å². The molecule has 124 valence electrons. The van der Waals surface area contributed by atoms with Gasteiger partial charge in [0.2, 0.25) is 0 Å². The zero-order valence-electron chi connectivity index (χ0n) is 13.2. The Hall–Kier alpha value is -2.69. The molecule has 0 aliphatic carbocycles. The summed E-state index contributed by atoms with van der Waals surface area (Å²) in [5.41, 5.74) is 1.38. The molecule has 0 bridgehead atoms. The molecule has 0 saturated carbocycles. The van der Waals surface area contributed by atoms with E-state index in [-0.39, 0.29) is 30.7 Å². The highest BCUT2D eigenvalue weighted by Crippen LogP contribution is 2.23. The number of likely N-dealkylation sites (tertiary alicyclic amines) is 1. The summed E-state index contributed by atoms with van der Waals surface area (Å²) in [6, 6.07) is 14.8. The van der Waals surface area contributed by atoms with Gasteiger partial charge in [-0.15, -0.1) is 0 Å². The van der Waals surface area contributed by atoms with Gasteiger partial charge >= 0.3 is 6.09 Å². The van der Waals surface area contributed by atoms with Crippen LogP contribution < -0.4 is 0 Å². The standard InChI is InChI=1S/C19H18FNO3/c20-16-8-6-15(7-9-16)18(22)12-17-10-11-21(17)19(23)24-13-14-4-2-1-3-5-14/h1-9,17H,10-13H2. The molecule has 0 N–H and O–H groups in total. The van der Waals surface area contributed by atoms with Crippen LogP contribution in [0.1, 0.15) is 28.8 Å². The number of Topliss-reactive ketones (excluding diaryl/α,β-unsaturated/α-hetero) is 1. The number of ether oxygens (including phenoxy) is 1. The number of ketones is 1. The van der Waals surface area contributed by atoms with Gasteiger partial charge in [-0.3, -0.25) is 4.79 Å². The van der Waals surface area contributed by atoms with Gasteiger partial charge in [-0.2, -0.15) is 0 Å². The summed E-state index contributed by atoms with van der Waals surface area (Å²) in [4.78, 5) is 25.9. The lowest BCUT2D eigenvalue weighted by Gasteiger charge is -2.39. The third kappa shape index (κ3) is 3.79. The van der Waals surface area contributed by atoms with E-state index >= 15 is 0 Å². The maximum Gasteiger partial charge on any atom is 0.410 e. The van der Waals surface area contributed by atoms with E-state index in [1.54, 1.807) is 4.90 Å². The van der Waals surface area contributed by atoms with Gasteiger partial charge in [0.05, 0.1) is 0 Å². The summed E-state index contributed by atoms with van der Waals surface area (Å²) < 4.78 is 18.2. The van der Waals surface area contributed by atoms with Crippen molar-refractivity contribution in [3.8, 4) is 0 Å². The van der Waals surface area contributed by atoms with Gasteiger partial charge in [0.15, 0.2) is 5.78 Å². The monoisotopic (exact) mass is 327 g/mol. The summed E-state index contributed by atoms with van der Waals surface area (Å²) in [6.45, 7) is 0.809. The molecule has 1 saturated heterocycles. The molecule has 2 aromatic rings. The normalized spacial score (nSPS) is 16.4. The summed E-state index contributed by atoms with van der Waals surface area (Å²) in [5, 5.41) is 0. The predicted molar refractivity (Wildman–Crippen MR) is 87.1 cm³/mol. The Morgan fingerprint density at radius 3 is 2.42 bits per heavy atom. The number of benzene rings is 2. The Balaban J connectivity index is 1.51. The predicted octanol–water partition coefficient (Wildman–Crippen LogP) is 3.81. The van der Waals surface area contributed by atoms with Crippen LogP contribution in [0.5, 0.6) is 0 Å². The lowest BCUT2D eigenvalue weighted by molar-refractivity contribution is 0.0401. The van der Waals surface area contributed by atoms with Crippen molar-refractivity contribution < 1.29 is 18.7 Å². The van der Waals surface area contributed by atoms with Gasteiger partial charge in [0.1, 0.15) is 12.4 Å². The van der Waals surface area contributed by atoms with Crippen molar-refractivity contribution in [3.05, 3.63) is 71.5 Å². The van der Waals surface area contributed by atoms with Crippen LogP contribution in [0.15, 0.2) is 54.6 Å². The molecule has 1 amide bonds. The molecule has 1 fully saturated rings. The number of carbonyl (C=O) groups excluding carboxylic acids is 2. The van der Waals surface area contributed by atoms with Crippen LogP contribution in [-0.4, -0.2) is 29.4 Å². The van der Waals surface area contributed by atoms with E-state index in [9.17, 15) is 14.0 Å². The molecule has 3 rings (SSSR count). The Morgan fingerprint density at radius 2 is 1.79 bits per heavy atom. The first-order chi connectivity index (χ1) is 11.6. The maximum absolute atomic E-state index is 12.9. The summed E-state index contributed by atoms with van der Waals surface area (Å²) in [6.07, 6.45) is 0.599. The van der Waals surface area contributed by atoms with E-state index in [0.717, 1.165) is 12.0 Å². The van der Waals surface area contributed by atoms with Gasteiger partial charge in [0, 0.05) is 24.6 Å². The molecule has 24 heavy (non-hydrogen) atoms. The van der Waals surface area contributed by atoms with Gasteiger partial charge in [-0.1, -0.05) is 30.3 Å². The fourth-order valence-electron chi connectivity index (χ4n) is 2.66. The zero-order chi connectivity index (χ0) is 16.9. The van der Waals surface area contributed by atoms with Crippen LogP contribution in [0.25, 0.3) is 0 Å². The fraction of sp³-hybridized carbons (Fsp3) is 0.263. The molecule has 2 aromatic carbocycles. The zero-order valence-corrected chi connectivity index (χ0v) is 13.2. The average Bonchev–Trinajstić information content (AvgIpc) is 2.58. The second-order valence-electron chi connectivity index (χ2n) is 5.81. The highest BCUT2D eigenvalue weighted by molar-refractivity contribution is 5.96. The minimum Gasteiger partial charge on any atom is -0.445 e. The number of halogens is 1. The van der Waals surface area contributed by atoms with Crippen LogP contribution in [0.2, 0.25) is 0 Å². The molecule has 5 heteroatoms. The second-order valence-corrected chi connectivity index (χ2v) is 5.81. The molecule has 4 nitrogen and oxygen atoms in total. The molecule has 1 atom stereocenters. The van der Waals surface area contributed by atoms with Crippen molar-refractivity contribution in [2.24, 2.45) is 0 Å². The smallest absolute Gasteiger partial charge is 0.410 e. The van der Waals surface area contributed by atoms with Crippen LogP contribution in [0, 0.1) is 5.82 Å². The third-order valence-corrected chi connectivity index (χ3v) is 4.17. The lowest BCUT2D eigenvalue weighted by atomic mass is 9.95. The van der Waals surface area contributed by atoms with Crippen molar-refractivity contribution in [3.63, 3.8) is 0 Å². The number of carbonyl (C=O) groups is 2. The molecule has 1 aliphatic rings. The average molecular weight is 327 g/mol. The van der Waals surface area contributed by atoms with E-state index in [4.69, 9.17) is 4.74 Å². The van der Waals surface area contributed by atoms with E-state index < -0.39 is 6.09 Å². The van der Waals surface area contributed by atoms with Crippen LogP contribution in [-0.2, 0) is 11.3 Å². The Kier molecular flexibility index (Phi) is 4.89. The van der Waals surface area contributed by atoms with E-state index in [0.29, 0.717) is 12.1 Å². The van der Waals surface area contributed by atoms with Crippen molar-refractivity contribution in [1.82, 2.24) is 4.90 Å². The molecule has 1 unspecified atom stereocenters. The van der Waals surface area contributed by atoms with Gasteiger partial charge in [-0.25, -0.2) is 9.18 Å². The highest BCUT2D eigenvalue weighted by Gasteiger charge is 2.34. The van der Waals surface area contributed by atoms with Gasteiger partial charge in [0.25, 0.3) is 0 Å². The number of amides is 1. The fourth-order valence-corrected chi connectivity index (χ4v) is 2.66. The van der Waals surface area contributed by atoms with Crippen molar-refractivity contribution >= 4 is 11.9 Å². The van der Waals surface area contributed by atoms with Crippen LogP contribution in [0.4, 0.5) is 9.18 Å². The SMILES string of the molecule is O=C(CC1CCN1C(=O)OCc1ccccc1)c1ccc(F)cc1. The van der Waals surface area contributed by atoms with Gasteiger partial charge in [-0.05, 0) is 36.2 Å². The topological polar surface area (TPSA) is 46.6 Å². The Morgan fingerprint density at radius 1 is 1.08 bits per heavy atom. The van der Waals surface area contributed by atoms with E-state index in [1.807, 2.05) is 30.3 Å². The van der Waals surface area contributed by atoms with Crippen LogP contribution in [0.3, 0.4) is 0 Å². The maximum atomic E-state index is 12.9. The van der Waals surface area contributed by atoms with E-state index in [1.165, 1.54) is 24.3 Å². The summed E-state index contributed by atoms with van der Waals surface area (Å²) in [5.74, 6) is -0.470. The van der Waals surface area contributed by atoms with Gasteiger partial charge < -0.3 is 9.64 Å². The summed E-state index contributed by atoms with van der Waals surface area (Å²) >= 11 is 0. The number of rotatable bonds is 5. The first kappa shape index (κ1) is 16.2. The van der Waals surface area contributed by atoms with Crippen molar-refractivity contribution in [1.29, 1.82) is 0 Å². The minimum atomic E-state index is -0.401. The van der Waals surface area contributed by atoms with Crippen LogP contribution >= 0.6 is 0 Å². The second kappa shape index (κ2) is 7.25. The first-order valence-electron chi connectivity index (χ1n) is 7.89. The third-order valence-electron chi connectivity index (χ3n) is 4.17. The number of hydrogen-bond donors (Lipinski definition) is 0. The first-order valence-corrected chi connectivity index (χ1v) is 7.89. The molecular weight excluding hydrogens is 309 g/mol. The molecule has 0 radical (unpaired) electrons. The lowest BCUT2D eigenvalue weighted by Crippen LogP contribution is -2.52. The molecule has 1 aliphatic heterocycles. The Labute approximate surface area is 139 Å². The largest absolute Gasteiger partial charge is 0.445 e. The summed E-state index contributed by atoms with van der Waals surface area (Å²) in [7, 11) is 0. The molecule has 0 spiro atoms. The van der Waals surface area contributed by atoms with Crippen molar-refractivity contribution in [2.45, 2.75) is 25.5 Å².